The second-order valence-corrected chi connectivity index (χ2v) is 9.86. The highest BCUT2D eigenvalue weighted by atomic mass is 16.4. The molecule has 0 heterocycles. The van der Waals surface area contributed by atoms with Crippen LogP contribution in [0.25, 0.3) is 0 Å². The van der Waals surface area contributed by atoms with Gasteiger partial charge in [0.05, 0.1) is 27.7 Å². The number of unbranched alkanes of at least 4 members (excludes halogenated alkanes) is 15. The van der Waals surface area contributed by atoms with Crippen molar-refractivity contribution in [2.75, 3.05) is 34.3 Å². The zero-order valence-corrected chi connectivity index (χ0v) is 20.6. The van der Waals surface area contributed by atoms with E-state index in [-0.39, 0.29) is 17.5 Å². The molecule has 0 amide bonds. The molecule has 0 aromatic carbocycles. The number of carbonyl (C=O) groups excluding carboxylic acids is 1. The van der Waals surface area contributed by atoms with E-state index in [1.54, 1.807) is 0 Å². The van der Waals surface area contributed by atoms with Gasteiger partial charge in [-0.2, -0.15) is 0 Å². The molecule has 0 aliphatic rings. The van der Waals surface area contributed by atoms with E-state index in [1.165, 1.54) is 89.9 Å². The number of carboxylic acid groups (broad SMARTS) is 1. The summed E-state index contributed by atoms with van der Waals surface area (Å²) in [6.45, 7) is 2.74. The monoisotopic (exact) mass is 428 g/mol. The van der Waals surface area contributed by atoms with Crippen molar-refractivity contribution in [2.45, 2.75) is 122 Å². The Morgan fingerprint density at radius 1 is 0.767 bits per heavy atom. The predicted octanol–water partition coefficient (Wildman–Crippen LogP) is 4.37. The minimum Gasteiger partial charge on any atom is -0.543 e. The third kappa shape index (κ3) is 12.9. The molecule has 1 atom stereocenters. The number of nitrogens with one attached hydrogen (secondary N) is 1. The van der Waals surface area contributed by atoms with Crippen molar-refractivity contribution in [1.82, 2.24) is 5.32 Å². The first-order valence-electron chi connectivity index (χ1n) is 12.7. The van der Waals surface area contributed by atoms with E-state index in [0.29, 0.717) is 6.54 Å². The van der Waals surface area contributed by atoms with E-state index in [4.69, 9.17) is 0 Å². The molecule has 1 unspecified atom stereocenters. The van der Waals surface area contributed by atoms with Gasteiger partial charge >= 0.3 is 0 Å². The minimum absolute atomic E-state index is 0.150. The molecule has 0 saturated heterocycles. The van der Waals surface area contributed by atoms with Gasteiger partial charge < -0.3 is 19.5 Å². The summed E-state index contributed by atoms with van der Waals surface area (Å²) in [5.41, 5.74) is -1.23. The molecular formula is C25H52N2O3. The van der Waals surface area contributed by atoms with Gasteiger partial charge in [-0.3, -0.25) is 5.32 Å². The molecule has 0 aromatic heterocycles. The zero-order valence-electron chi connectivity index (χ0n) is 20.6. The SMILES string of the molecule is CCCCCCCCCCCCCCCCCCNC(CCO)(C(=O)[O-])[N+](C)(C)C. The Balaban J connectivity index is 3.62. The number of nitrogens with zero attached hydrogens (tertiary/aromatic N) is 1. The Hall–Kier alpha value is -0.650. The highest BCUT2D eigenvalue weighted by molar-refractivity contribution is 5.74. The molecule has 30 heavy (non-hydrogen) atoms. The minimum atomic E-state index is -1.23. The molecule has 0 bridgehead atoms. The Kier molecular flexibility index (Phi) is 17.6. The standard InChI is InChI=1S/C25H52N2O3/c1-5-6-7-8-9-10-11-12-13-14-15-16-17-18-19-20-22-26-25(21-23-28,24(29)30)27(2,3)4/h26,28H,5-23H2,1-4H3. The van der Waals surface area contributed by atoms with Crippen LogP contribution >= 0.6 is 0 Å². The molecule has 2 N–H and O–H groups in total. The van der Waals surface area contributed by atoms with E-state index < -0.39 is 11.6 Å². The van der Waals surface area contributed by atoms with Gasteiger partial charge in [-0.05, 0) is 6.42 Å². The van der Waals surface area contributed by atoms with Crippen molar-refractivity contribution < 1.29 is 19.5 Å². The highest BCUT2D eigenvalue weighted by Gasteiger charge is 2.43. The van der Waals surface area contributed by atoms with Gasteiger partial charge in [0.2, 0.25) is 0 Å². The number of hydrogen-bond acceptors (Lipinski definition) is 4. The van der Waals surface area contributed by atoms with E-state index in [1.807, 2.05) is 21.1 Å². The number of aliphatic hydroxyl groups excluding tert-OH is 1. The van der Waals surface area contributed by atoms with Crippen LogP contribution in [-0.4, -0.2) is 55.5 Å². The molecule has 0 aliphatic heterocycles. The first kappa shape index (κ1) is 29.4. The van der Waals surface area contributed by atoms with Crippen LogP contribution in [0.1, 0.15) is 116 Å². The van der Waals surface area contributed by atoms with Crippen molar-refractivity contribution >= 4 is 5.97 Å². The summed E-state index contributed by atoms with van der Waals surface area (Å²) in [5.74, 6) is -1.14. The lowest BCUT2D eigenvalue weighted by Crippen LogP contribution is -2.73. The summed E-state index contributed by atoms with van der Waals surface area (Å²) in [6.07, 6.45) is 21.4. The molecular weight excluding hydrogens is 376 g/mol. The lowest BCUT2D eigenvalue weighted by atomic mass is 10.0. The molecule has 0 aromatic rings. The van der Waals surface area contributed by atoms with Crippen LogP contribution in [0, 0.1) is 0 Å². The second kappa shape index (κ2) is 18.0. The van der Waals surface area contributed by atoms with Crippen LogP contribution in [0.4, 0.5) is 0 Å². The molecule has 0 spiro atoms. The molecule has 0 fully saturated rings. The van der Waals surface area contributed by atoms with Crippen molar-refractivity contribution in [1.29, 1.82) is 0 Å². The van der Waals surface area contributed by atoms with Crippen LogP contribution in [0.2, 0.25) is 0 Å². The van der Waals surface area contributed by atoms with Crippen LogP contribution in [-0.2, 0) is 4.79 Å². The van der Waals surface area contributed by atoms with E-state index in [0.717, 1.165) is 12.8 Å². The molecule has 180 valence electrons. The molecule has 0 radical (unpaired) electrons. The number of hydrogen-bond donors (Lipinski definition) is 2. The number of quaternary nitrogens is 1. The van der Waals surface area contributed by atoms with Crippen molar-refractivity contribution in [2.24, 2.45) is 0 Å². The second-order valence-electron chi connectivity index (χ2n) is 9.86. The lowest BCUT2D eigenvalue weighted by molar-refractivity contribution is -0.920. The topological polar surface area (TPSA) is 72.4 Å². The third-order valence-corrected chi connectivity index (χ3v) is 6.40. The molecule has 5 heteroatoms. The summed E-state index contributed by atoms with van der Waals surface area (Å²) in [6, 6.07) is 0. The van der Waals surface area contributed by atoms with E-state index in [2.05, 4.69) is 12.2 Å². The average Bonchev–Trinajstić information content (AvgIpc) is 2.68. The van der Waals surface area contributed by atoms with Crippen molar-refractivity contribution in [3.63, 3.8) is 0 Å². The average molecular weight is 429 g/mol. The number of aliphatic hydroxyl groups is 1. The maximum absolute atomic E-state index is 11.8. The van der Waals surface area contributed by atoms with Crippen LogP contribution in [0.15, 0.2) is 0 Å². The number of rotatable bonds is 22. The van der Waals surface area contributed by atoms with Crippen molar-refractivity contribution in [3.05, 3.63) is 0 Å². The number of carbonyl (C=O) groups is 1. The van der Waals surface area contributed by atoms with Gasteiger partial charge in [-0.1, -0.05) is 103 Å². The number of aliphatic carboxylic acids is 1. The first-order valence-corrected chi connectivity index (χ1v) is 12.7. The van der Waals surface area contributed by atoms with Crippen LogP contribution < -0.4 is 10.4 Å². The summed E-state index contributed by atoms with van der Waals surface area (Å²) in [5, 5.41) is 24.3. The largest absolute Gasteiger partial charge is 0.543 e. The fourth-order valence-electron chi connectivity index (χ4n) is 4.24. The van der Waals surface area contributed by atoms with Gasteiger partial charge in [0.15, 0.2) is 5.66 Å². The quantitative estimate of drug-likeness (QED) is 0.153. The van der Waals surface area contributed by atoms with Gasteiger partial charge in [-0.15, -0.1) is 0 Å². The molecule has 0 saturated carbocycles. The Labute approximate surface area is 187 Å². The van der Waals surface area contributed by atoms with Gasteiger partial charge in [0.1, 0.15) is 5.97 Å². The Bertz CT molecular complexity index is 410. The smallest absolute Gasteiger partial charge is 0.195 e. The summed E-state index contributed by atoms with van der Waals surface area (Å²) in [7, 11) is 5.48. The van der Waals surface area contributed by atoms with Gasteiger partial charge in [0.25, 0.3) is 0 Å². The Morgan fingerprint density at radius 2 is 1.13 bits per heavy atom. The van der Waals surface area contributed by atoms with Crippen LogP contribution in [0.3, 0.4) is 0 Å². The highest BCUT2D eigenvalue weighted by Crippen LogP contribution is 2.20. The normalized spacial score (nSPS) is 14.0. The zero-order chi connectivity index (χ0) is 22.7. The van der Waals surface area contributed by atoms with Crippen molar-refractivity contribution in [3.8, 4) is 0 Å². The number of carboxylic acids is 1. The third-order valence-electron chi connectivity index (χ3n) is 6.40. The molecule has 5 nitrogen and oxygen atoms in total. The maximum Gasteiger partial charge on any atom is 0.195 e. The van der Waals surface area contributed by atoms with E-state index in [9.17, 15) is 15.0 Å². The fraction of sp³-hybridized carbons (Fsp3) is 0.960. The molecule has 0 aliphatic carbocycles. The van der Waals surface area contributed by atoms with E-state index >= 15 is 0 Å². The first-order chi connectivity index (χ1) is 14.3. The summed E-state index contributed by atoms with van der Waals surface area (Å²) < 4.78 is 0.189. The van der Waals surface area contributed by atoms with Gasteiger partial charge in [-0.25, -0.2) is 0 Å². The summed E-state index contributed by atoms with van der Waals surface area (Å²) in [4.78, 5) is 11.8. The number of likely N-dealkylation sites (N-methyl/N-ethyl adjacent to an activating group) is 1. The predicted molar refractivity (Wildman–Crippen MR) is 125 cm³/mol. The van der Waals surface area contributed by atoms with Crippen LogP contribution in [0.5, 0.6) is 0 Å². The van der Waals surface area contributed by atoms with Gasteiger partial charge in [0, 0.05) is 13.0 Å². The maximum atomic E-state index is 11.8. The fourth-order valence-corrected chi connectivity index (χ4v) is 4.24. The molecule has 0 rings (SSSR count). The summed E-state index contributed by atoms with van der Waals surface area (Å²) >= 11 is 0. The lowest BCUT2D eigenvalue weighted by Gasteiger charge is -2.47. The Morgan fingerprint density at radius 3 is 1.43 bits per heavy atom.